The maximum atomic E-state index is 4.42. The van der Waals surface area contributed by atoms with Crippen molar-refractivity contribution in [3.63, 3.8) is 0 Å². The van der Waals surface area contributed by atoms with E-state index in [2.05, 4.69) is 39.1 Å². The Balaban J connectivity index is 1.74. The van der Waals surface area contributed by atoms with Crippen LogP contribution in [0, 0.1) is 24.2 Å². The normalized spacial score (nSPS) is 36.5. The van der Waals surface area contributed by atoms with Gasteiger partial charge in [0.1, 0.15) is 0 Å². The number of hydrogen-bond donors (Lipinski definition) is 0. The van der Waals surface area contributed by atoms with Crippen LogP contribution in [0.4, 0.5) is 0 Å². The molecule has 4 atom stereocenters. The second kappa shape index (κ2) is 4.85. The maximum absolute atomic E-state index is 4.42. The smallest absolute Gasteiger partial charge is 0.00876 e. The van der Waals surface area contributed by atoms with Crippen LogP contribution in [0.5, 0.6) is 0 Å². The van der Waals surface area contributed by atoms with E-state index in [0.29, 0.717) is 5.41 Å². The van der Waals surface area contributed by atoms with Crippen LogP contribution in [0.25, 0.3) is 6.08 Å². The Hall–Kier alpha value is -1.30. The first-order valence-corrected chi connectivity index (χ1v) is 8.98. The average molecular weight is 292 g/mol. The molecule has 3 aliphatic rings. The van der Waals surface area contributed by atoms with Gasteiger partial charge in [-0.15, -0.1) is 0 Å². The molecule has 2 fully saturated rings. The zero-order chi connectivity index (χ0) is 15.5. The first kappa shape index (κ1) is 14.3. The number of rotatable bonds is 1. The van der Waals surface area contributed by atoms with Gasteiger partial charge in [0, 0.05) is 0 Å². The second-order valence-corrected chi connectivity index (χ2v) is 8.13. The lowest BCUT2D eigenvalue weighted by molar-refractivity contribution is 0.0816. The van der Waals surface area contributed by atoms with E-state index in [4.69, 9.17) is 0 Å². The van der Waals surface area contributed by atoms with Crippen molar-refractivity contribution in [1.82, 2.24) is 0 Å². The number of hydrogen-bond acceptors (Lipinski definition) is 0. The molecule has 1 aromatic rings. The highest BCUT2D eigenvalue weighted by atomic mass is 14.6. The summed E-state index contributed by atoms with van der Waals surface area (Å²) in [6.07, 6.45) is 10.0. The van der Waals surface area contributed by atoms with Crippen LogP contribution in [0.15, 0.2) is 30.9 Å². The molecule has 0 heteroatoms. The van der Waals surface area contributed by atoms with Crippen LogP contribution >= 0.6 is 0 Å². The summed E-state index contributed by atoms with van der Waals surface area (Å²) in [7, 11) is 0. The highest BCUT2D eigenvalue weighted by Crippen LogP contribution is 2.62. The Labute approximate surface area is 135 Å². The summed E-state index contributed by atoms with van der Waals surface area (Å²) >= 11 is 0. The van der Waals surface area contributed by atoms with Gasteiger partial charge in [-0.3, -0.25) is 0 Å². The summed E-state index contributed by atoms with van der Waals surface area (Å²) in [4.78, 5) is 0. The van der Waals surface area contributed by atoms with Crippen LogP contribution in [-0.4, -0.2) is 0 Å². The van der Waals surface area contributed by atoms with E-state index in [1.165, 1.54) is 49.7 Å². The second-order valence-electron chi connectivity index (χ2n) is 8.13. The predicted molar refractivity (Wildman–Crippen MR) is 95.0 cm³/mol. The fourth-order valence-electron chi connectivity index (χ4n) is 5.88. The molecule has 22 heavy (non-hydrogen) atoms. The van der Waals surface area contributed by atoms with Gasteiger partial charge < -0.3 is 0 Å². The first-order chi connectivity index (χ1) is 10.5. The lowest BCUT2D eigenvalue weighted by Gasteiger charge is -2.49. The van der Waals surface area contributed by atoms with Crippen molar-refractivity contribution in [2.24, 2.45) is 17.3 Å². The third kappa shape index (κ3) is 1.82. The third-order valence-corrected chi connectivity index (χ3v) is 7.29. The van der Waals surface area contributed by atoms with Crippen LogP contribution in [-0.2, 0) is 6.42 Å². The van der Waals surface area contributed by atoms with Crippen molar-refractivity contribution in [3.8, 4) is 0 Å². The van der Waals surface area contributed by atoms with Gasteiger partial charge in [-0.2, -0.15) is 0 Å². The molecule has 0 bridgehead atoms. The van der Waals surface area contributed by atoms with E-state index in [0.717, 1.165) is 17.8 Å². The summed E-state index contributed by atoms with van der Waals surface area (Å²) in [5.41, 5.74) is 7.97. The molecule has 116 valence electrons. The number of fused-ring (bicyclic) bond motifs is 5. The van der Waals surface area contributed by atoms with E-state index in [-0.39, 0.29) is 0 Å². The molecule has 0 radical (unpaired) electrons. The molecule has 0 aromatic heterocycles. The maximum Gasteiger partial charge on any atom is -0.00876 e. The van der Waals surface area contributed by atoms with Gasteiger partial charge in [-0.25, -0.2) is 0 Å². The molecule has 3 aliphatic carbocycles. The van der Waals surface area contributed by atoms with Gasteiger partial charge in [0.25, 0.3) is 0 Å². The minimum absolute atomic E-state index is 0.439. The van der Waals surface area contributed by atoms with Crippen molar-refractivity contribution in [2.75, 3.05) is 0 Å². The fraction of sp³-hybridized carbons (Fsp3) is 0.545. The lowest BCUT2D eigenvalue weighted by Crippen LogP contribution is -2.40. The molecule has 1 aromatic carbocycles. The van der Waals surface area contributed by atoms with Gasteiger partial charge >= 0.3 is 0 Å². The molecule has 4 unspecified atom stereocenters. The van der Waals surface area contributed by atoms with Crippen molar-refractivity contribution < 1.29 is 0 Å². The Kier molecular flexibility index (Phi) is 3.15. The van der Waals surface area contributed by atoms with Crippen LogP contribution in [0.3, 0.4) is 0 Å². The van der Waals surface area contributed by atoms with Crippen LogP contribution < -0.4 is 0 Å². The SMILES string of the molecule is C=Cc1cc2c(cc1C)C1CCC3(C)C(=C)CCC3C1CC2. The summed E-state index contributed by atoms with van der Waals surface area (Å²) in [6, 6.07) is 4.89. The minimum atomic E-state index is 0.439. The van der Waals surface area contributed by atoms with Crippen molar-refractivity contribution in [3.05, 3.63) is 53.1 Å². The fourth-order valence-corrected chi connectivity index (χ4v) is 5.88. The minimum Gasteiger partial charge on any atom is -0.0993 e. The summed E-state index contributed by atoms with van der Waals surface area (Å²) < 4.78 is 0. The largest absolute Gasteiger partial charge is 0.0993 e. The van der Waals surface area contributed by atoms with Crippen LogP contribution in [0.1, 0.15) is 67.2 Å². The van der Waals surface area contributed by atoms with E-state index >= 15 is 0 Å². The van der Waals surface area contributed by atoms with E-state index in [1.807, 2.05) is 6.08 Å². The molecule has 0 amide bonds. The molecule has 2 saturated carbocycles. The van der Waals surface area contributed by atoms with Crippen molar-refractivity contribution in [1.29, 1.82) is 0 Å². The zero-order valence-electron chi connectivity index (χ0n) is 14.1. The highest BCUT2D eigenvalue weighted by Gasteiger charge is 2.51. The molecule has 0 nitrogen and oxygen atoms in total. The average Bonchev–Trinajstić information content (AvgIpc) is 2.82. The quantitative estimate of drug-likeness (QED) is 0.553. The number of aryl methyl sites for hydroxylation is 2. The topological polar surface area (TPSA) is 0 Å². The molecule has 0 N–H and O–H groups in total. The molecule has 4 rings (SSSR count). The van der Waals surface area contributed by atoms with Gasteiger partial charge in [-0.05, 0) is 90.9 Å². The Bertz CT molecular complexity index is 650. The van der Waals surface area contributed by atoms with E-state index in [1.54, 1.807) is 16.7 Å². The van der Waals surface area contributed by atoms with Crippen LogP contribution in [0.2, 0.25) is 0 Å². The van der Waals surface area contributed by atoms with Gasteiger partial charge in [0.15, 0.2) is 0 Å². The first-order valence-electron chi connectivity index (χ1n) is 8.98. The number of allylic oxidation sites excluding steroid dienone is 1. The Morgan fingerprint density at radius 3 is 2.77 bits per heavy atom. The number of benzene rings is 1. The summed E-state index contributed by atoms with van der Waals surface area (Å²) in [6.45, 7) is 13.1. The molecular formula is C22H28. The van der Waals surface area contributed by atoms with E-state index < -0.39 is 0 Å². The third-order valence-electron chi connectivity index (χ3n) is 7.29. The molecule has 0 heterocycles. The Morgan fingerprint density at radius 1 is 1.18 bits per heavy atom. The van der Waals surface area contributed by atoms with Gasteiger partial charge in [-0.1, -0.05) is 43.9 Å². The van der Waals surface area contributed by atoms with Crippen molar-refractivity contribution in [2.45, 2.75) is 58.3 Å². The predicted octanol–water partition coefficient (Wildman–Crippen LogP) is 6.05. The standard InChI is InChI=1S/C22H28/c1-5-16-13-17-7-8-19-18(20(17)12-14(16)2)10-11-22(4)15(3)6-9-21(19)22/h5,12-13,18-19,21H,1,3,6-11H2,2,4H3. The molecule has 0 saturated heterocycles. The van der Waals surface area contributed by atoms with E-state index in [9.17, 15) is 0 Å². The van der Waals surface area contributed by atoms with Gasteiger partial charge in [0.2, 0.25) is 0 Å². The molecular weight excluding hydrogens is 264 g/mol. The Morgan fingerprint density at radius 2 is 2.00 bits per heavy atom. The lowest BCUT2D eigenvalue weighted by atomic mass is 9.55. The van der Waals surface area contributed by atoms with Crippen molar-refractivity contribution >= 4 is 6.08 Å². The highest BCUT2D eigenvalue weighted by molar-refractivity contribution is 5.56. The van der Waals surface area contributed by atoms with Gasteiger partial charge in [0.05, 0.1) is 0 Å². The molecule has 0 spiro atoms. The summed E-state index contributed by atoms with van der Waals surface area (Å²) in [5, 5.41) is 0. The monoisotopic (exact) mass is 292 g/mol. The zero-order valence-corrected chi connectivity index (χ0v) is 14.1. The molecule has 0 aliphatic heterocycles. The summed E-state index contributed by atoms with van der Waals surface area (Å²) in [5.74, 6) is 2.57.